The molecule has 1 aliphatic heterocycles. The Kier molecular flexibility index (Phi) is 3.51. The number of piperidine rings is 1. The maximum absolute atomic E-state index is 12.3. The number of likely N-dealkylation sites (tertiary alicyclic amines) is 1. The molecule has 1 aliphatic carbocycles. The number of nitrogens with zero attached hydrogens (tertiary/aromatic N) is 1. The first-order valence-corrected chi connectivity index (χ1v) is 7.22. The smallest absolute Gasteiger partial charge is 0.411 e. The van der Waals surface area contributed by atoms with Crippen molar-refractivity contribution in [3.05, 3.63) is 0 Å². The lowest BCUT2D eigenvalue weighted by Gasteiger charge is -2.31. The highest BCUT2D eigenvalue weighted by atomic mass is 16.6. The molecule has 2 aliphatic rings. The molecule has 1 heterocycles. The van der Waals surface area contributed by atoms with Gasteiger partial charge in [0.2, 0.25) is 0 Å². The van der Waals surface area contributed by atoms with Crippen molar-refractivity contribution in [1.82, 2.24) is 4.90 Å². The number of rotatable bonds is 1. The zero-order valence-corrected chi connectivity index (χ0v) is 13.2. The van der Waals surface area contributed by atoms with E-state index in [1.807, 2.05) is 41.5 Å². The van der Waals surface area contributed by atoms with Gasteiger partial charge in [-0.1, -0.05) is 0 Å². The lowest BCUT2D eigenvalue weighted by atomic mass is 10.1. The van der Waals surface area contributed by atoms with E-state index in [0.717, 1.165) is 6.42 Å². The van der Waals surface area contributed by atoms with E-state index < -0.39 is 23.3 Å². The Morgan fingerprint density at radius 3 is 2.00 bits per heavy atom. The second-order valence-electron chi connectivity index (χ2n) is 7.74. The summed E-state index contributed by atoms with van der Waals surface area (Å²) in [5.41, 5.74) is -1.09. The van der Waals surface area contributed by atoms with Gasteiger partial charge in [0.15, 0.2) is 0 Å². The second-order valence-corrected chi connectivity index (χ2v) is 7.74. The van der Waals surface area contributed by atoms with E-state index in [1.54, 1.807) is 4.90 Å². The first-order chi connectivity index (χ1) is 8.98. The third-order valence-electron chi connectivity index (χ3n) is 3.39. The molecule has 5 heteroatoms. The minimum atomic E-state index is -0.553. The van der Waals surface area contributed by atoms with Crippen LogP contribution in [-0.4, -0.2) is 40.2 Å². The van der Waals surface area contributed by atoms with Gasteiger partial charge in [-0.3, -0.25) is 4.90 Å². The number of amides is 1. The summed E-state index contributed by atoms with van der Waals surface area (Å²) >= 11 is 0. The molecular weight excluding hydrogens is 258 g/mol. The summed E-state index contributed by atoms with van der Waals surface area (Å²) in [7, 11) is 0. The Morgan fingerprint density at radius 1 is 0.950 bits per heavy atom. The van der Waals surface area contributed by atoms with Crippen LogP contribution in [0.25, 0.3) is 0 Å². The van der Waals surface area contributed by atoms with Crippen LogP contribution < -0.4 is 0 Å². The van der Waals surface area contributed by atoms with Gasteiger partial charge in [0, 0.05) is 6.04 Å². The maximum Gasteiger partial charge on any atom is 0.411 e. The van der Waals surface area contributed by atoms with Crippen LogP contribution in [0.2, 0.25) is 0 Å². The number of fused-ring (bicyclic) bond motifs is 1. The van der Waals surface area contributed by atoms with E-state index in [4.69, 9.17) is 9.47 Å². The molecule has 1 saturated heterocycles. The molecule has 20 heavy (non-hydrogen) atoms. The molecule has 1 amide bonds. The summed E-state index contributed by atoms with van der Waals surface area (Å²) in [4.78, 5) is 26.1. The van der Waals surface area contributed by atoms with Crippen molar-refractivity contribution in [1.29, 1.82) is 0 Å². The third kappa shape index (κ3) is 3.44. The summed E-state index contributed by atoms with van der Waals surface area (Å²) in [5.74, 6) is 0.107. The standard InChI is InChI=1S/C15H25NO4/c1-14(2,3)19-12(17)11-8-9-7-10(9)16(11)13(18)20-15(4,5)6/h9-11H,7-8H2,1-6H3/t9-,10-,11+/m0/s1. The normalized spacial score (nSPS) is 28.9. The predicted molar refractivity (Wildman–Crippen MR) is 74.2 cm³/mol. The molecule has 2 rings (SSSR count). The highest BCUT2D eigenvalue weighted by Crippen LogP contribution is 2.48. The first-order valence-electron chi connectivity index (χ1n) is 7.22. The average Bonchev–Trinajstić information content (AvgIpc) is 2.83. The van der Waals surface area contributed by atoms with Crippen molar-refractivity contribution >= 4 is 12.1 Å². The fourth-order valence-electron chi connectivity index (χ4n) is 2.61. The van der Waals surface area contributed by atoms with Gasteiger partial charge in [-0.05, 0) is 60.3 Å². The van der Waals surface area contributed by atoms with Gasteiger partial charge >= 0.3 is 12.1 Å². The molecule has 0 N–H and O–H groups in total. The van der Waals surface area contributed by atoms with Crippen molar-refractivity contribution in [2.75, 3.05) is 0 Å². The van der Waals surface area contributed by atoms with E-state index in [-0.39, 0.29) is 12.0 Å². The van der Waals surface area contributed by atoms with Crippen LogP contribution in [0.3, 0.4) is 0 Å². The molecule has 0 aromatic heterocycles. The van der Waals surface area contributed by atoms with Crippen molar-refractivity contribution in [3.63, 3.8) is 0 Å². The van der Waals surface area contributed by atoms with E-state index in [1.165, 1.54) is 0 Å². The maximum atomic E-state index is 12.3. The largest absolute Gasteiger partial charge is 0.458 e. The van der Waals surface area contributed by atoms with Crippen LogP contribution >= 0.6 is 0 Å². The lowest BCUT2D eigenvalue weighted by Crippen LogP contribution is -2.47. The Balaban J connectivity index is 2.06. The molecule has 0 aromatic rings. The van der Waals surface area contributed by atoms with Gasteiger partial charge in [-0.25, -0.2) is 9.59 Å². The van der Waals surface area contributed by atoms with E-state index >= 15 is 0 Å². The van der Waals surface area contributed by atoms with Gasteiger partial charge in [0.05, 0.1) is 0 Å². The average molecular weight is 283 g/mol. The van der Waals surface area contributed by atoms with Crippen LogP contribution in [0, 0.1) is 5.92 Å². The first kappa shape index (κ1) is 15.1. The fraction of sp³-hybridized carbons (Fsp3) is 0.867. The van der Waals surface area contributed by atoms with E-state index in [0.29, 0.717) is 12.3 Å². The molecule has 3 atom stereocenters. The number of carbonyl (C=O) groups is 2. The third-order valence-corrected chi connectivity index (χ3v) is 3.39. The molecule has 2 fully saturated rings. The van der Waals surface area contributed by atoms with Gasteiger partial charge in [0.25, 0.3) is 0 Å². The Morgan fingerprint density at radius 2 is 1.50 bits per heavy atom. The molecular formula is C15H25NO4. The lowest BCUT2D eigenvalue weighted by molar-refractivity contribution is -0.160. The number of carbonyl (C=O) groups excluding carboxylic acids is 2. The zero-order chi connectivity index (χ0) is 15.3. The summed E-state index contributed by atoms with van der Waals surface area (Å²) in [5, 5.41) is 0. The van der Waals surface area contributed by atoms with Crippen molar-refractivity contribution in [2.24, 2.45) is 5.92 Å². The highest BCUT2D eigenvalue weighted by molar-refractivity contribution is 5.83. The van der Waals surface area contributed by atoms with Crippen molar-refractivity contribution in [3.8, 4) is 0 Å². The number of hydrogen-bond acceptors (Lipinski definition) is 4. The van der Waals surface area contributed by atoms with Crippen LogP contribution in [0.1, 0.15) is 54.4 Å². The molecule has 0 aromatic carbocycles. The zero-order valence-electron chi connectivity index (χ0n) is 13.2. The molecule has 114 valence electrons. The summed E-state index contributed by atoms with van der Waals surface area (Å²) in [6.45, 7) is 11.0. The second kappa shape index (κ2) is 4.64. The molecule has 1 saturated carbocycles. The minimum Gasteiger partial charge on any atom is -0.458 e. The van der Waals surface area contributed by atoms with Crippen LogP contribution in [0.5, 0.6) is 0 Å². The van der Waals surface area contributed by atoms with Crippen LogP contribution in [0.15, 0.2) is 0 Å². The summed E-state index contributed by atoms with van der Waals surface area (Å²) < 4.78 is 10.8. The molecule has 5 nitrogen and oxygen atoms in total. The highest BCUT2D eigenvalue weighted by Gasteiger charge is 2.58. The van der Waals surface area contributed by atoms with Gasteiger partial charge in [0.1, 0.15) is 17.2 Å². The topological polar surface area (TPSA) is 55.8 Å². The molecule has 0 spiro atoms. The van der Waals surface area contributed by atoms with E-state index in [9.17, 15) is 9.59 Å². The van der Waals surface area contributed by atoms with Gasteiger partial charge in [-0.15, -0.1) is 0 Å². The Bertz CT molecular complexity index is 419. The van der Waals surface area contributed by atoms with Gasteiger partial charge in [-0.2, -0.15) is 0 Å². The van der Waals surface area contributed by atoms with E-state index in [2.05, 4.69) is 0 Å². The number of hydrogen-bond donors (Lipinski definition) is 0. The summed E-state index contributed by atoms with van der Waals surface area (Å²) in [6, 6.07) is -0.338. The summed E-state index contributed by atoms with van der Waals surface area (Å²) in [6.07, 6.45) is 1.26. The predicted octanol–water partition coefficient (Wildman–Crippen LogP) is 2.73. The van der Waals surface area contributed by atoms with Crippen LogP contribution in [-0.2, 0) is 14.3 Å². The fourth-order valence-corrected chi connectivity index (χ4v) is 2.61. The molecule has 0 bridgehead atoms. The van der Waals surface area contributed by atoms with Gasteiger partial charge < -0.3 is 9.47 Å². The quantitative estimate of drug-likeness (QED) is 0.694. The van der Waals surface area contributed by atoms with Crippen molar-refractivity contribution < 1.29 is 19.1 Å². The Labute approximate surface area is 120 Å². The molecule has 0 unspecified atom stereocenters. The Hall–Kier alpha value is -1.26. The monoisotopic (exact) mass is 283 g/mol. The number of esters is 1. The SMILES string of the molecule is CC(C)(C)OC(=O)[C@H]1C[C@@H]2C[C@@H]2N1C(=O)OC(C)(C)C. The van der Waals surface area contributed by atoms with Crippen LogP contribution in [0.4, 0.5) is 4.79 Å². The minimum absolute atomic E-state index is 0.155. The number of ether oxygens (including phenoxy) is 2. The molecule has 0 radical (unpaired) electrons. The van der Waals surface area contributed by atoms with Crippen molar-refractivity contribution in [2.45, 2.75) is 77.7 Å².